The Morgan fingerprint density at radius 3 is 2.45 bits per heavy atom. The van der Waals surface area contributed by atoms with Crippen LogP contribution in [0.1, 0.15) is 16.8 Å². The molecule has 0 atom stereocenters. The van der Waals surface area contributed by atoms with Crippen molar-refractivity contribution in [3.05, 3.63) is 48.3 Å². The number of benzene rings is 1. The van der Waals surface area contributed by atoms with E-state index in [1.165, 1.54) is 0 Å². The molecule has 0 amide bonds. The normalized spacial score (nSPS) is 14.5. The van der Waals surface area contributed by atoms with Crippen molar-refractivity contribution in [2.24, 2.45) is 0 Å². The molecule has 2 aromatic heterocycles. The van der Waals surface area contributed by atoms with Crippen molar-refractivity contribution < 1.29 is 19.2 Å². The van der Waals surface area contributed by atoms with Crippen LogP contribution in [0.25, 0.3) is 11.3 Å². The average Bonchev–Trinajstić information content (AvgIpc) is 3.06. The van der Waals surface area contributed by atoms with Crippen molar-refractivity contribution in [2.75, 3.05) is 43.1 Å². The highest BCUT2D eigenvalue weighted by Gasteiger charge is 2.29. The number of aromatic nitrogens is 3. The van der Waals surface area contributed by atoms with E-state index in [9.17, 15) is 9.90 Å². The molecular weight excluding hydrogens is 374 g/mol. The second-order valence-corrected chi connectivity index (χ2v) is 6.62. The van der Waals surface area contributed by atoms with Gasteiger partial charge in [0.1, 0.15) is 5.75 Å². The number of rotatable bonds is 5. The third kappa shape index (κ3) is 3.84. The predicted molar refractivity (Wildman–Crippen MR) is 107 cm³/mol. The second kappa shape index (κ2) is 8.17. The Labute approximate surface area is 167 Å². The third-order valence-electron chi connectivity index (χ3n) is 4.87. The van der Waals surface area contributed by atoms with E-state index in [-0.39, 0.29) is 11.3 Å². The molecule has 0 spiro atoms. The van der Waals surface area contributed by atoms with Crippen LogP contribution in [0, 0.1) is 0 Å². The van der Waals surface area contributed by atoms with Crippen LogP contribution in [0.15, 0.2) is 47.2 Å². The smallest absolute Gasteiger partial charge is 0.343 e. The molecule has 1 aliphatic heterocycles. The zero-order valence-corrected chi connectivity index (χ0v) is 16.0. The molecule has 9 nitrogen and oxygen atoms in total. The average molecular weight is 395 g/mol. The molecule has 150 valence electrons. The Morgan fingerprint density at radius 2 is 1.76 bits per heavy atom. The molecule has 1 saturated heterocycles. The zero-order chi connectivity index (χ0) is 20.2. The van der Waals surface area contributed by atoms with Gasteiger partial charge in [-0.25, -0.2) is 14.8 Å². The fraction of sp³-hybridized carbons (Fsp3) is 0.300. The van der Waals surface area contributed by atoms with Gasteiger partial charge in [-0.15, -0.1) is 0 Å². The van der Waals surface area contributed by atoms with Gasteiger partial charge in [0.2, 0.25) is 5.95 Å². The summed E-state index contributed by atoms with van der Waals surface area (Å²) in [6, 6.07) is 8.81. The number of carboxylic acids is 1. The third-order valence-corrected chi connectivity index (χ3v) is 4.87. The van der Waals surface area contributed by atoms with Gasteiger partial charge in [0.05, 0.1) is 7.11 Å². The van der Waals surface area contributed by atoms with Crippen LogP contribution < -0.4 is 14.5 Å². The first-order valence-electron chi connectivity index (χ1n) is 9.31. The van der Waals surface area contributed by atoms with Crippen LogP contribution >= 0.6 is 0 Å². The van der Waals surface area contributed by atoms with Crippen LogP contribution in [0.2, 0.25) is 0 Å². The number of hydrogen-bond donors (Lipinski definition) is 1. The molecule has 0 aliphatic carbocycles. The number of carbonyl (C=O) groups is 1. The van der Waals surface area contributed by atoms with Crippen LogP contribution in [-0.2, 0) is 0 Å². The molecule has 4 rings (SSSR count). The highest BCUT2D eigenvalue weighted by molar-refractivity contribution is 5.99. The maximum Gasteiger partial charge on any atom is 0.343 e. The number of hydrogen-bond acceptors (Lipinski definition) is 8. The van der Waals surface area contributed by atoms with E-state index in [1.807, 2.05) is 4.90 Å². The number of nitrogens with zero attached hydrogens (tertiary/aromatic N) is 5. The van der Waals surface area contributed by atoms with Crippen LogP contribution in [-0.4, -0.2) is 59.5 Å². The topological polar surface area (TPSA) is 105 Å². The van der Waals surface area contributed by atoms with Gasteiger partial charge >= 0.3 is 5.97 Å². The largest absolute Gasteiger partial charge is 0.497 e. The number of methoxy groups -OCH3 is 1. The Bertz CT molecular complexity index is 974. The maximum atomic E-state index is 12.0. The second-order valence-electron chi connectivity index (χ2n) is 6.62. The van der Waals surface area contributed by atoms with Gasteiger partial charge in [-0.3, -0.25) is 0 Å². The van der Waals surface area contributed by atoms with Gasteiger partial charge in [-0.05, 0) is 36.8 Å². The van der Waals surface area contributed by atoms with E-state index in [0.29, 0.717) is 42.7 Å². The molecule has 3 heterocycles. The standard InChI is InChI=1S/C20H21N5O4/c1-28-15-6-4-14(5-7-15)17-16(19(26)27)18(23-29-17)24-10-3-11-25(13-12-24)20-21-8-2-9-22-20/h2,4-9H,3,10-13H2,1H3,(H,26,27). The SMILES string of the molecule is COc1ccc(-c2onc(N3CCCN(c4ncccn4)CC3)c2C(=O)O)cc1. The van der Waals surface area contributed by atoms with Crippen LogP contribution in [0.4, 0.5) is 11.8 Å². The quantitative estimate of drug-likeness (QED) is 0.698. The van der Waals surface area contributed by atoms with Gasteiger partial charge in [0.15, 0.2) is 17.1 Å². The summed E-state index contributed by atoms with van der Waals surface area (Å²) < 4.78 is 10.6. The first kappa shape index (κ1) is 18.7. The van der Waals surface area contributed by atoms with E-state index >= 15 is 0 Å². The molecule has 1 N–H and O–H groups in total. The zero-order valence-electron chi connectivity index (χ0n) is 16.0. The van der Waals surface area contributed by atoms with Crippen molar-refractivity contribution in [1.82, 2.24) is 15.1 Å². The van der Waals surface area contributed by atoms with Gasteiger partial charge in [0.25, 0.3) is 0 Å². The van der Waals surface area contributed by atoms with Crippen molar-refractivity contribution in [2.45, 2.75) is 6.42 Å². The number of aromatic carboxylic acids is 1. The summed E-state index contributed by atoms with van der Waals surface area (Å²) in [5, 5.41) is 14.0. The molecular formula is C20H21N5O4. The van der Waals surface area contributed by atoms with Crippen molar-refractivity contribution in [1.29, 1.82) is 0 Å². The predicted octanol–water partition coefficient (Wildman–Crippen LogP) is 2.56. The lowest BCUT2D eigenvalue weighted by Crippen LogP contribution is -2.32. The van der Waals surface area contributed by atoms with Crippen molar-refractivity contribution >= 4 is 17.7 Å². The van der Waals surface area contributed by atoms with Gasteiger partial charge in [-0.1, -0.05) is 5.16 Å². The summed E-state index contributed by atoms with van der Waals surface area (Å²) >= 11 is 0. The number of ether oxygens (including phenoxy) is 1. The molecule has 0 unspecified atom stereocenters. The summed E-state index contributed by atoms with van der Waals surface area (Å²) in [5.41, 5.74) is 0.704. The molecule has 3 aromatic rings. The Balaban J connectivity index is 1.59. The minimum Gasteiger partial charge on any atom is -0.497 e. The number of anilines is 2. The summed E-state index contributed by atoms with van der Waals surface area (Å²) in [7, 11) is 1.58. The highest BCUT2D eigenvalue weighted by Crippen LogP contribution is 2.33. The number of carboxylic acid groups (broad SMARTS) is 1. The molecule has 1 fully saturated rings. The lowest BCUT2D eigenvalue weighted by molar-refractivity contribution is 0.0698. The van der Waals surface area contributed by atoms with Crippen molar-refractivity contribution in [3.63, 3.8) is 0 Å². The molecule has 0 bridgehead atoms. The summed E-state index contributed by atoms with van der Waals surface area (Å²) in [6.07, 6.45) is 4.25. The fourth-order valence-electron chi connectivity index (χ4n) is 3.41. The molecule has 29 heavy (non-hydrogen) atoms. The Kier molecular flexibility index (Phi) is 5.28. The van der Waals surface area contributed by atoms with E-state index in [1.54, 1.807) is 49.8 Å². The van der Waals surface area contributed by atoms with Gasteiger partial charge in [0, 0.05) is 44.1 Å². The molecule has 1 aromatic carbocycles. The minimum absolute atomic E-state index is 0.0691. The van der Waals surface area contributed by atoms with Crippen LogP contribution in [0.3, 0.4) is 0 Å². The van der Waals surface area contributed by atoms with Gasteiger partial charge < -0.3 is 24.2 Å². The van der Waals surface area contributed by atoms with E-state index in [2.05, 4.69) is 20.0 Å². The summed E-state index contributed by atoms with van der Waals surface area (Å²) in [4.78, 5) is 24.7. The monoisotopic (exact) mass is 395 g/mol. The van der Waals surface area contributed by atoms with E-state index in [0.717, 1.165) is 13.0 Å². The van der Waals surface area contributed by atoms with Crippen molar-refractivity contribution in [3.8, 4) is 17.1 Å². The van der Waals surface area contributed by atoms with Gasteiger partial charge in [-0.2, -0.15) is 0 Å². The van der Waals surface area contributed by atoms with E-state index in [4.69, 9.17) is 9.26 Å². The Hall–Kier alpha value is -3.62. The lowest BCUT2D eigenvalue weighted by atomic mass is 10.1. The molecule has 0 radical (unpaired) electrons. The molecule has 1 aliphatic rings. The minimum atomic E-state index is -1.07. The molecule has 9 heteroatoms. The molecule has 0 saturated carbocycles. The van der Waals surface area contributed by atoms with Crippen LogP contribution in [0.5, 0.6) is 5.75 Å². The highest BCUT2D eigenvalue weighted by atomic mass is 16.5. The first-order chi connectivity index (χ1) is 14.2. The fourth-order valence-corrected chi connectivity index (χ4v) is 3.41. The first-order valence-corrected chi connectivity index (χ1v) is 9.31. The lowest BCUT2D eigenvalue weighted by Gasteiger charge is -2.21. The van der Waals surface area contributed by atoms with E-state index < -0.39 is 5.97 Å². The maximum absolute atomic E-state index is 12.0. The summed E-state index contributed by atoms with van der Waals surface area (Å²) in [5.74, 6) is 0.870. The Morgan fingerprint density at radius 1 is 1.07 bits per heavy atom. The summed E-state index contributed by atoms with van der Waals surface area (Å²) in [6.45, 7) is 2.70.